The Balaban J connectivity index is 0.00000127. The van der Waals surface area contributed by atoms with Crippen LogP contribution >= 0.6 is 0 Å². The summed E-state index contributed by atoms with van der Waals surface area (Å²) < 4.78 is 0. The summed E-state index contributed by atoms with van der Waals surface area (Å²) in [6.07, 6.45) is 31.5. The molecule has 0 aliphatic heterocycles. The molecule has 44 heavy (non-hydrogen) atoms. The Kier molecular flexibility index (Phi) is 28.9. The van der Waals surface area contributed by atoms with Gasteiger partial charge < -0.3 is 26.8 Å². The molecular weight excluding hydrogens is 556 g/mol. The Morgan fingerprint density at radius 3 is 1.02 bits per heavy atom. The summed E-state index contributed by atoms with van der Waals surface area (Å²) in [6, 6.07) is 5.45. The zero-order valence-electron chi connectivity index (χ0n) is 27.5. The summed E-state index contributed by atoms with van der Waals surface area (Å²) in [5.41, 5.74) is 12.0. The molecule has 0 radical (unpaired) electrons. The van der Waals surface area contributed by atoms with Crippen molar-refractivity contribution in [1.82, 2.24) is 0 Å². The molecule has 0 aromatic heterocycles. The molecule has 254 valence electrons. The molecule has 0 fully saturated rings. The van der Waals surface area contributed by atoms with E-state index in [-0.39, 0.29) is 11.1 Å². The zero-order valence-corrected chi connectivity index (χ0v) is 27.5. The molecule has 7 N–H and O–H groups in total. The van der Waals surface area contributed by atoms with E-state index in [0.717, 1.165) is 19.4 Å². The highest BCUT2D eigenvalue weighted by atomic mass is 16.4. The van der Waals surface area contributed by atoms with Crippen LogP contribution in [0.25, 0.3) is 0 Å². The average molecular weight is 621 g/mol. The molecule has 8 nitrogen and oxygen atoms in total. The fourth-order valence-corrected chi connectivity index (χ4v) is 5.32. The van der Waals surface area contributed by atoms with E-state index in [1.54, 1.807) is 0 Å². The number of carboxylic acids is 3. The van der Waals surface area contributed by atoms with Gasteiger partial charge in [-0.3, -0.25) is 4.79 Å². The van der Waals surface area contributed by atoms with Crippen LogP contribution in [0.5, 0.6) is 0 Å². The van der Waals surface area contributed by atoms with Crippen LogP contribution in [0.4, 0.5) is 0 Å². The third-order valence-electron chi connectivity index (χ3n) is 8.12. The molecule has 8 heteroatoms. The number of rotatable bonds is 29. The molecule has 1 unspecified atom stereocenters. The first-order valence-electron chi connectivity index (χ1n) is 17.5. The molecule has 0 bridgehead atoms. The van der Waals surface area contributed by atoms with Crippen LogP contribution in [0.3, 0.4) is 0 Å². The van der Waals surface area contributed by atoms with Crippen molar-refractivity contribution in [3.63, 3.8) is 0 Å². The normalized spacial score (nSPS) is 11.5. The van der Waals surface area contributed by atoms with Gasteiger partial charge in [0.05, 0.1) is 11.1 Å². The molecule has 0 heterocycles. The molecule has 0 amide bonds. The third kappa shape index (κ3) is 28.3. The lowest BCUT2D eigenvalue weighted by atomic mass is 10.00. The van der Waals surface area contributed by atoms with Crippen molar-refractivity contribution in [2.75, 3.05) is 6.54 Å². The van der Waals surface area contributed by atoms with Crippen LogP contribution in [-0.4, -0.2) is 45.8 Å². The standard InChI is InChI=1S/C28H58N2O2.C8H6O4/c29-26-22-18-14-10-12-16-20-24-27(30)23-19-15-11-8-6-4-2-1-3-5-7-9-13-17-21-25-28(31)32;9-7(10)5-1-2-6(4-3-5)8(11)12/h27H,1-26,29-30H2,(H,31,32);1-4H,(H,9,10)(H,11,12). The van der Waals surface area contributed by atoms with Gasteiger partial charge in [-0.25, -0.2) is 9.59 Å². The highest BCUT2D eigenvalue weighted by Crippen LogP contribution is 2.16. The van der Waals surface area contributed by atoms with E-state index in [4.69, 9.17) is 26.8 Å². The van der Waals surface area contributed by atoms with Gasteiger partial charge in [0.25, 0.3) is 0 Å². The van der Waals surface area contributed by atoms with Gasteiger partial charge in [-0.2, -0.15) is 0 Å². The molecule has 1 rings (SSSR count). The Hall–Kier alpha value is -2.45. The van der Waals surface area contributed by atoms with Crippen molar-refractivity contribution in [2.45, 2.75) is 167 Å². The van der Waals surface area contributed by atoms with Gasteiger partial charge in [0.1, 0.15) is 0 Å². The minimum absolute atomic E-state index is 0.0833. The highest BCUT2D eigenvalue weighted by molar-refractivity contribution is 5.91. The van der Waals surface area contributed by atoms with Crippen molar-refractivity contribution in [1.29, 1.82) is 0 Å². The number of unbranched alkanes of at least 4 members (excludes halogenated alkanes) is 20. The van der Waals surface area contributed by atoms with Crippen molar-refractivity contribution < 1.29 is 29.7 Å². The molecule has 1 atom stereocenters. The third-order valence-corrected chi connectivity index (χ3v) is 8.12. The number of hydrogen-bond donors (Lipinski definition) is 5. The van der Waals surface area contributed by atoms with E-state index in [0.29, 0.717) is 12.5 Å². The number of carboxylic acid groups (broad SMARTS) is 3. The quantitative estimate of drug-likeness (QED) is 0.0553. The molecule has 1 aromatic rings. The first-order chi connectivity index (χ1) is 21.3. The Morgan fingerprint density at radius 1 is 0.477 bits per heavy atom. The van der Waals surface area contributed by atoms with E-state index < -0.39 is 17.9 Å². The fourth-order valence-electron chi connectivity index (χ4n) is 5.32. The number of aromatic carboxylic acids is 2. The molecule has 0 spiro atoms. The minimum atomic E-state index is -1.06. The largest absolute Gasteiger partial charge is 0.481 e. The van der Waals surface area contributed by atoms with Crippen LogP contribution in [0.15, 0.2) is 24.3 Å². The lowest BCUT2D eigenvalue weighted by Crippen LogP contribution is -2.19. The predicted octanol–water partition coefficient (Wildman–Crippen LogP) is 9.19. The first kappa shape index (κ1) is 41.5. The second-order valence-corrected chi connectivity index (χ2v) is 12.2. The van der Waals surface area contributed by atoms with Gasteiger partial charge in [-0.05, 0) is 56.5 Å². The maximum Gasteiger partial charge on any atom is 0.335 e. The molecule has 0 aliphatic carbocycles. The van der Waals surface area contributed by atoms with E-state index in [9.17, 15) is 14.4 Å². The van der Waals surface area contributed by atoms with Gasteiger partial charge in [0.2, 0.25) is 0 Å². The maximum absolute atomic E-state index is 10.4. The summed E-state index contributed by atoms with van der Waals surface area (Å²) >= 11 is 0. The van der Waals surface area contributed by atoms with Crippen LogP contribution in [0, 0.1) is 0 Å². The maximum atomic E-state index is 10.4. The van der Waals surface area contributed by atoms with Crippen LogP contribution in [0.2, 0.25) is 0 Å². The van der Waals surface area contributed by atoms with Crippen molar-refractivity contribution in [3.8, 4) is 0 Å². The zero-order chi connectivity index (χ0) is 32.7. The summed E-state index contributed by atoms with van der Waals surface area (Å²) in [5, 5.41) is 25.5. The van der Waals surface area contributed by atoms with E-state index in [1.807, 2.05) is 0 Å². The summed E-state index contributed by atoms with van der Waals surface area (Å²) in [4.78, 5) is 31.1. The molecule has 1 aromatic carbocycles. The minimum Gasteiger partial charge on any atom is -0.481 e. The smallest absolute Gasteiger partial charge is 0.335 e. The van der Waals surface area contributed by atoms with E-state index >= 15 is 0 Å². The number of benzene rings is 1. The molecule has 0 saturated heterocycles. The van der Waals surface area contributed by atoms with E-state index in [1.165, 1.54) is 166 Å². The highest BCUT2D eigenvalue weighted by Gasteiger charge is 2.05. The van der Waals surface area contributed by atoms with E-state index in [2.05, 4.69) is 0 Å². The number of carbonyl (C=O) groups is 3. The SMILES string of the molecule is NCCCCCCCCCC(N)CCCCCCCCCCCCCCCCCC(=O)O.O=C(O)c1ccc(C(=O)O)cc1. The predicted molar refractivity (Wildman–Crippen MR) is 180 cm³/mol. The molecular formula is C36H64N2O6. The van der Waals surface area contributed by atoms with Crippen LogP contribution < -0.4 is 11.5 Å². The van der Waals surface area contributed by atoms with Gasteiger partial charge in [0.15, 0.2) is 0 Å². The van der Waals surface area contributed by atoms with Gasteiger partial charge in [0, 0.05) is 12.5 Å². The Labute approximate surface area is 267 Å². The Morgan fingerprint density at radius 2 is 0.750 bits per heavy atom. The fraction of sp³-hybridized carbons (Fsp3) is 0.750. The number of hydrogen-bond acceptors (Lipinski definition) is 5. The first-order valence-corrected chi connectivity index (χ1v) is 17.5. The average Bonchev–Trinajstić information content (AvgIpc) is 3.00. The van der Waals surface area contributed by atoms with Crippen molar-refractivity contribution >= 4 is 17.9 Å². The van der Waals surface area contributed by atoms with Crippen molar-refractivity contribution in [3.05, 3.63) is 35.4 Å². The summed E-state index contributed by atoms with van der Waals surface area (Å²) in [6.45, 7) is 0.844. The van der Waals surface area contributed by atoms with Gasteiger partial charge in [-0.15, -0.1) is 0 Å². The Bertz CT molecular complexity index is 797. The second kappa shape index (κ2) is 30.6. The second-order valence-electron chi connectivity index (χ2n) is 12.2. The number of aliphatic carboxylic acids is 1. The van der Waals surface area contributed by atoms with Gasteiger partial charge >= 0.3 is 17.9 Å². The summed E-state index contributed by atoms with van der Waals surface area (Å²) in [7, 11) is 0. The topological polar surface area (TPSA) is 164 Å². The molecule has 0 saturated carbocycles. The van der Waals surface area contributed by atoms with Crippen LogP contribution in [0.1, 0.15) is 181 Å². The lowest BCUT2D eigenvalue weighted by molar-refractivity contribution is -0.137. The van der Waals surface area contributed by atoms with Crippen LogP contribution in [-0.2, 0) is 4.79 Å². The molecule has 0 aliphatic rings. The van der Waals surface area contributed by atoms with Gasteiger partial charge in [-0.1, -0.05) is 128 Å². The van der Waals surface area contributed by atoms with Crippen molar-refractivity contribution in [2.24, 2.45) is 11.5 Å². The number of nitrogens with two attached hydrogens (primary N) is 2. The lowest BCUT2D eigenvalue weighted by Gasteiger charge is -2.11. The monoisotopic (exact) mass is 620 g/mol. The summed E-state index contributed by atoms with van der Waals surface area (Å²) in [5.74, 6) is -2.78.